The number of nitrogens with zero attached hydrogens (tertiary/aromatic N) is 2. The lowest BCUT2D eigenvalue weighted by Crippen LogP contribution is -2.25. The van der Waals surface area contributed by atoms with Gasteiger partial charge < -0.3 is 5.73 Å². The molecule has 1 aromatic rings. The van der Waals surface area contributed by atoms with E-state index in [1.165, 1.54) is 12.8 Å². The van der Waals surface area contributed by atoms with Crippen LogP contribution in [0.5, 0.6) is 0 Å². The predicted molar refractivity (Wildman–Crippen MR) is 63.1 cm³/mol. The first-order chi connectivity index (χ1) is 6.99. The van der Waals surface area contributed by atoms with Crippen molar-refractivity contribution in [1.29, 1.82) is 0 Å². The second-order valence-electron chi connectivity index (χ2n) is 5.17. The molecule has 0 aliphatic heterocycles. The average molecular weight is 226 g/mol. The first-order valence-corrected chi connectivity index (χ1v) is 5.83. The van der Waals surface area contributed by atoms with Crippen LogP contribution in [0.2, 0.25) is 0 Å². The fraction of sp³-hybridized carbons (Fsp3) is 0.800. The van der Waals surface area contributed by atoms with Gasteiger partial charge in [0.05, 0.1) is 0 Å². The predicted octanol–water partition coefficient (Wildman–Crippen LogP) is 2.66. The van der Waals surface area contributed by atoms with Gasteiger partial charge in [-0.05, 0) is 36.9 Å². The van der Waals surface area contributed by atoms with Crippen LogP contribution in [0.1, 0.15) is 45.6 Å². The number of aromatic amines is 1. The molecular formula is C10H18N4S. The summed E-state index contributed by atoms with van der Waals surface area (Å²) in [5, 5.41) is 6.72. The van der Waals surface area contributed by atoms with Gasteiger partial charge in [0.2, 0.25) is 5.95 Å². The molecule has 0 spiro atoms. The van der Waals surface area contributed by atoms with Crippen molar-refractivity contribution in [2.24, 2.45) is 5.41 Å². The Morgan fingerprint density at radius 2 is 2.33 bits per heavy atom. The minimum absolute atomic E-state index is 0.390. The molecule has 15 heavy (non-hydrogen) atoms. The smallest absolute Gasteiger partial charge is 0.220 e. The molecule has 84 valence electrons. The Morgan fingerprint density at radius 3 is 2.87 bits per heavy atom. The topological polar surface area (TPSA) is 59.6 Å². The molecule has 5 heteroatoms. The zero-order valence-corrected chi connectivity index (χ0v) is 10.1. The van der Waals surface area contributed by atoms with Crippen LogP contribution in [0.3, 0.4) is 0 Å². The van der Waals surface area contributed by atoms with Gasteiger partial charge in [-0.3, -0.25) is 4.57 Å². The third-order valence-corrected chi connectivity index (χ3v) is 3.56. The summed E-state index contributed by atoms with van der Waals surface area (Å²) in [6.07, 6.45) is 4.81. The quantitative estimate of drug-likeness (QED) is 0.724. The molecule has 4 nitrogen and oxygen atoms in total. The van der Waals surface area contributed by atoms with Gasteiger partial charge in [-0.15, -0.1) is 5.10 Å². The maximum atomic E-state index is 5.81. The van der Waals surface area contributed by atoms with E-state index >= 15 is 0 Å². The first-order valence-electron chi connectivity index (χ1n) is 5.42. The van der Waals surface area contributed by atoms with Crippen molar-refractivity contribution in [2.75, 3.05) is 5.73 Å². The van der Waals surface area contributed by atoms with E-state index in [2.05, 4.69) is 24.0 Å². The number of aromatic nitrogens is 3. The largest absolute Gasteiger partial charge is 0.368 e. The summed E-state index contributed by atoms with van der Waals surface area (Å²) in [5.41, 5.74) is 6.21. The summed E-state index contributed by atoms with van der Waals surface area (Å²) in [6, 6.07) is 0.417. The number of nitrogens with one attached hydrogen (secondary N) is 1. The van der Waals surface area contributed by atoms with Crippen molar-refractivity contribution >= 4 is 18.2 Å². The Kier molecular flexibility index (Phi) is 2.58. The van der Waals surface area contributed by atoms with Crippen molar-refractivity contribution in [1.82, 2.24) is 14.8 Å². The van der Waals surface area contributed by atoms with Crippen LogP contribution in [0, 0.1) is 10.2 Å². The van der Waals surface area contributed by atoms with E-state index in [1.54, 1.807) is 0 Å². The Hall–Kier alpha value is -0.840. The lowest BCUT2D eigenvalue weighted by molar-refractivity contribution is 0.183. The minimum atomic E-state index is 0.390. The molecule has 2 rings (SSSR count). The minimum Gasteiger partial charge on any atom is -0.368 e. The molecule has 0 aromatic carbocycles. The summed E-state index contributed by atoms with van der Waals surface area (Å²) in [6.45, 7) is 4.61. The molecule has 1 aliphatic carbocycles. The van der Waals surface area contributed by atoms with Crippen molar-refractivity contribution in [3.63, 3.8) is 0 Å². The van der Waals surface area contributed by atoms with Crippen LogP contribution < -0.4 is 5.73 Å². The molecule has 0 saturated heterocycles. The van der Waals surface area contributed by atoms with Crippen LogP contribution in [0.4, 0.5) is 5.95 Å². The fourth-order valence-corrected chi connectivity index (χ4v) is 2.84. The van der Waals surface area contributed by atoms with E-state index in [4.69, 9.17) is 18.0 Å². The van der Waals surface area contributed by atoms with Gasteiger partial charge in [0.15, 0.2) is 4.77 Å². The van der Waals surface area contributed by atoms with Gasteiger partial charge in [0.25, 0.3) is 0 Å². The average Bonchev–Trinajstić information content (AvgIpc) is 2.44. The van der Waals surface area contributed by atoms with E-state index in [0.29, 0.717) is 22.2 Å². The van der Waals surface area contributed by atoms with E-state index in [1.807, 2.05) is 4.57 Å². The zero-order valence-electron chi connectivity index (χ0n) is 9.29. The summed E-state index contributed by atoms with van der Waals surface area (Å²) in [4.78, 5) is 0. The van der Waals surface area contributed by atoms with Crippen LogP contribution in [-0.4, -0.2) is 14.8 Å². The second-order valence-corrected chi connectivity index (χ2v) is 5.56. The highest BCUT2D eigenvalue weighted by Crippen LogP contribution is 2.41. The lowest BCUT2D eigenvalue weighted by Gasteiger charge is -2.35. The van der Waals surface area contributed by atoms with E-state index in [-0.39, 0.29) is 0 Å². The molecule has 1 atom stereocenters. The first kappa shape index (κ1) is 10.7. The third kappa shape index (κ3) is 2.07. The van der Waals surface area contributed by atoms with E-state index in [0.717, 1.165) is 12.8 Å². The van der Waals surface area contributed by atoms with Crippen molar-refractivity contribution in [3.8, 4) is 0 Å². The lowest BCUT2D eigenvalue weighted by atomic mass is 9.75. The molecule has 0 amide bonds. The van der Waals surface area contributed by atoms with Crippen molar-refractivity contribution < 1.29 is 0 Å². The summed E-state index contributed by atoms with van der Waals surface area (Å²) >= 11 is 5.19. The van der Waals surface area contributed by atoms with Crippen LogP contribution in [0.25, 0.3) is 0 Å². The fourth-order valence-electron chi connectivity index (χ4n) is 2.55. The SMILES string of the molecule is CC1(C)CCCC(n2c(N)n[nH]c2=S)C1. The van der Waals surface area contributed by atoms with Gasteiger partial charge in [-0.1, -0.05) is 20.3 Å². The van der Waals surface area contributed by atoms with Gasteiger partial charge in [0, 0.05) is 6.04 Å². The monoisotopic (exact) mass is 226 g/mol. The summed E-state index contributed by atoms with van der Waals surface area (Å²) in [7, 11) is 0. The van der Waals surface area contributed by atoms with Gasteiger partial charge in [-0.2, -0.15) is 0 Å². The second kappa shape index (κ2) is 3.63. The number of H-pyrrole nitrogens is 1. The maximum absolute atomic E-state index is 5.81. The summed E-state index contributed by atoms with van der Waals surface area (Å²) in [5.74, 6) is 0.516. The molecule has 1 saturated carbocycles. The van der Waals surface area contributed by atoms with Crippen LogP contribution >= 0.6 is 12.2 Å². The molecule has 1 aliphatic rings. The number of nitrogens with two attached hydrogens (primary N) is 1. The van der Waals surface area contributed by atoms with Crippen LogP contribution in [-0.2, 0) is 0 Å². The highest BCUT2D eigenvalue weighted by molar-refractivity contribution is 7.71. The number of nitrogen functional groups attached to an aromatic ring is 1. The summed E-state index contributed by atoms with van der Waals surface area (Å²) < 4.78 is 2.62. The normalized spacial score (nSPS) is 25.3. The maximum Gasteiger partial charge on any atom is 0.220 e. The molecule has 0 bridgehead atoms. The Morgan fingerprint density at radius 1 is 1.60 bits per heavy atom. The number of rotatable bonds is 1. The van der Waals surface area contributed by atoms with Gasteiger partial charge in [0.1, 0.15) is 0 Å². The van der Waals surface area contributed by atoms with Gasteiger partial charge in [-0.25, -0.2) is 5.10 Å². The number of hydrogen-bond donors (Lipinski definition) is 2. The molecule has 1 unspecified atom stereocenters. The molecule has 3 N–H and O–H groups in total. The van der Waals surface area contributed by atoms with E-state index < -0.39 is 0 Å². The van der Waals surface area contributed by atoms with Gasteiger partial charge >= 0.3 is 0 Å². The molecule has 1 fully saturated rings. The van der Waals surface area contributed by atoms with E-state index in [9.17, 15) is 0 Å². The highest BCUT2D eigenvalue weighted by Gasteiger charge is 2.30. The third-order valence-electron chi connectivity index (χ3n) is 3.28. The molecule has 0 radical (unpaired) electrons. The number of hydrogen-bond acceptors (Lipinski definition) is 3. The zero-order chi connectivity index (χ0) is 11.1. The van der Waals surface area contributed by atoms with Crippen molar-refractivity contribution in [2.45, 2.75) is 45.6 Å². The van der Waals surface area contributed by atoms with Crippen LogP contribution in [0.15, 0.2) is 0 Å². The Balaban J connectivity index is 2.28. The highest BCUT2D eigenvalue weighted by atomic mass is 32.1. The standard InChI is InChI=1S/C10H18N4S/c1-10(2)5-3-4-7(6-10)14-8(11)12-13-9(14)15/h7H,3-6H2,1-2H3,(H2,11,12)(H,13,15). The molecular weight excluding hydrogens is 208 g/mol. The molecule has 1 aromatic heterocycles. The molecule has 1 heterocycles. The number of anilines is 1. The Labute approximate surface area is 94.9 Å². The van der Waals surface area contributed by atoms with Crippen molar-refractivity contribution in [3.05, 3.63) is 4.77 Å². The Bertz CT molecular complexity index is 404.